The van der Waals surface area contributed by atoms with Crippen molar-refractivity contribution < 1.29 is 0 Å². The molecule has 4 heteroatoms. The molecule has 4 aromatic carbocycles. The largest absolute Gasteiger partial charge is 0.310 e. The molecule has 1 heterocycles. The van der Waals surface area contributed by atoms with E-state index in [0.717, 1.165) is 26.0 Å². The monoisotopic (exact) mass is 602 g/mol. The molecule has 0 N–H and O–H groups in total. The second-order valence-electron chi connectivity index (χ2n) is 10.7. The van der Waals surface area contributed by atoms with Crippen molar-refractivity contribution in [3.05, 3.63) is 111 Å². The topological polar surface area (TPSA) is 6.48 Å². The number of nitrogens with zero attached hydrogens (tertiary/aromatic N) is 2. The third kappa shape index (κ3) is 4.23. The van der Waals surface area contributed by atoms with Crippen molar-refractivity contribution in [2.75, 3.05) is 11.9 Å². The van der Waals surface area contributed by atoms with Crippen molar-refractivity contribution in [2.45, 2.75) is 45.7 Å². The molecule has 0 spiro atoms. The van der Waals surface area contributed by atoms with Gasteiger partial charge in [0, 0.05) is 37.1 Å². The molecular formula is C32H32Br2N2. The first-order valence-corrected chi connectivity index (χ1v) is 13.9. The van der Waals surface area contributed by atoms with Crippen LogP contribution in [0.25, 0.3) is 11.1 Å². The number of fused-ring (bicyclic) bond motifs is 1. The van der Waals surface area contributed by atoms with E-state index in [1.807, 2.05) is 0 Å². The van der Waals surface area contributed by atoms with Crippen LogP contribution >= 0.6 is 31.9 Å². The van der Waals surface area contributed by atoms with Crippen LogP contribution in [0, 0.1) is 6.92 Å². The molecule has 0 atom stereocenters. The molecule has 1 aliphatic rings. The van der Waals surface area contributed by atoms with Gasteiger partial charge in [-0.2, -0.15) is 0 Å². The zero-order valence-electron chi connectivity index (χ0n) is 21.7. The molecule has 4 aromatic rings. The Morgan fingerprint density at radius 3 is 1.64 bits per heavy atom. The van der Waals surface area contributed by atoms with Gasteiger partial charge in [-0.3, -0.25) is 4.90 Å². The van der Waals surface area contributed by atoms with Crippen molar-refractivity contribution in [3.8, 4) is 11.1 Å². The lowest BCUT2D eigenvalue weighted by Crippen LogP contribution is -2.42. The lowest BCUT2D eigenvalue weighted by molar-refractivity contribution is 0.0730. The van der Waals surface area contributed by atoms with E-state index in [1.165, 1.54) is 27.8 Å². The van der Waals surface area contributed by atoms with Crippen LogP contribution in [0.2, 0.25) is 0 Å². The van der Waals surface area contributed by atoms with Gasteiger partial charge in [0.1, 0.15) is 0 Å². The number of halogens is 2. The average molecular weight is 604 g/mol. The second kappa shape index (κ2) is 9.16. The first kappa shape index (κ1) is 25.3. The Morgan fingerprint density at radius 2 is 1.11 bits per heavy atom. The van der Waals surface area contributed by atoms with Crippen molar-refractivity contribution in [3.63, 3.8) is 0 Å². The van der Waals surface area contributed by atoms with Crippen molar-refractivity contribution in [1.29, 1.82) is 0 Å². The van der Waals surface area contributed by atoms with Crippen molar-refractivity contribution >= 4 is 48.9 Å². The van der Waals surface area contributed by atoms with E-state index in [2.05, 4.69) is 168 Å². The highest BCUT2D eigenvalue weighted by molar-refractivity contribution is 9.10. The Labute approximate surface area is 232 Å². The summed E-state index contributed by atoms with van der Waals surface area (Å²) in [5.41, 5.74) is 10.0. The predicted molar refractivity (Wildman–Crippen MR) is 161 cm³/mol. The average Bonchev–Trinajstić information content (AvgIpc) is 2.98. The maximum Gasteiger partial charge on any atom is 0.0464 e. The van der Waals surface area contributed by atoms with Crippen LogP contribution in [0.1, 0.15) is 44.4 Å². The predicted octanol–water partition coefficient (Wildman–Crippen LogP) is 10.1. The SMILES string of the molecule is Cc1cc(N(c2ccc(Br)cc2)c2ccc(Br)cc2)ccc1-c1ccc2c(c1)C(C)(C)N(C)C2(C)C. The molecule has 0 fully saturated rings. The first-order chi connectivity index (χ1) is 17.0. The third-order valence-electron chi connectivity index (χ3n) is 7.96. The molecule has 5 rings (SSSR count). The van der Waals surface area contributed by atoms with Gasteiger partial charge in [0.05, 0.1) is 0 Å². The highest BCUT2D eigenvalue weighted by Gasteiger charge is 2.46. The van der Waals surface area contributed by atoms with E-state index in [0.29, 0.717) is 0 Å². The number of hydrogen-bond donors (Lipinski definition) is 0. The normalized spacial score (nSPS) is 16.1. The molecular weight excluding hydrogens is 572 g/mol. The summed E-state index contributed by atoms with van der Waals surface area (Å²) in [7, 11) is 2.23. The van der Waals surface area contributed by atoms with Crippen LogP contribution in [0.4, 0.5) is 17.1 Å². The Hall–Kier alpha value is -2.40. The molecule has 2 nitrogen and oxygen atoms in total. The molecule has 0 bridgehead atoms. The van der Waals surface area contributed by atoms with Gasteiger partial charge in [0.15, 0.2) is 0 Å². The summed E-state index contributed by atoms with van der Waals surface area (Å²) >= 11 is 7.15. The molecule has 0 aromatic heterocycles. The van der Waals surface area contributed by atoms with Crippen LogP contribution in [0.3, 0.4) is 0 Å². The van der Waals surface area contributed by atoms with Gasteiger partial charge in [0.2, 0.25) is 0 Å². The highest BCUT2D eigenvalue weighted by Crippen LogP contribution is 2.49. The van der Waals surface area contributed by atoms with E-state index in [1.54, 1.807) is 0 Å². The standard InChI is InChI=1S/C32H32Br2N2/c1-21-19-27(36(25-12-8-23(33)9-13-25)26-14-10-24(34)11-15-26)16-17-28(21)22-7-18-29-30(20-22)32(4,5)35(6)31(29,2)3/h7-20H,1-6H3. The molecule has 0 radical (unpaired) electrons. The molecule has 1 aliphatic heterocycles. The molecule has 0 aliphatic carbocycles. The summed E-state index contributed by atoms with van der Waals surface area (Å²) < 4.78 is 2.14. The van der Waals surface area contributed by atoms with Gasteiger partial charge in [0.25, 0.3) is 0 Å². The number of hydrogen-bond acceptors (Lipinski definition) is 2. The van der Waals surface area contributed by atoms with Gasteiger partial charge < -0.3 is 4.90 Å². The minimum absolute atomic E-state index is 0.0113. The number of aryl methyl sites for hydroxylation is 1. The molecule has 184 valence electrons. The van der Waals surface area contributed by atoms with Crippen molar-refractivity contribution in [2.24, 2.45) is 0 Å². The Bertz CT molecular complexity index is 1370. The highest BCUT2D eigenvalue weighted by atomic mass is 79.9. The molecule has 36 heavy (non-hydrogen) atoms. The summed E-state index contributed by atoms with van der Waals surface area (Å²) in [6, 6.07) is 30.8. The number of rotatable bonds is 4. The zero-order chi connectivity index (χ0) is 25.8. The molecule has 0 saturated heterocycles. The minimum atomic E-state index is -0.0113. The summed E-state index contributed by atoms with van der Waals surface area (Å²) in [4.78, 5) is 4.79. The van der Waals surface area contributed by atoms with Crippen LogP contribution in [-0.2, 0) is 11.1 Å². The molecule has 0 unspecified atom stereocenters. The third-order valence-corrected chi connectivity index (χ3v) is 9.02. The van der Waals surface area contributed by atoms with Gasteiger partial charge >= 0.3 is 0 Å². The molecule has 0 saturated carbocycles. The van der Waals surface area contributed by atoms with Crippen LogP contribution < -0.4 is 4.90 Å². The quantitative estimate of drug-likeness (QED) is 0.229. The van der Waals surface area contributed by atoms with Gasteiger partial charge in [-0.1, -0.05) is 50.1 Å². The van der Waals surface area contributed by atoms with Gasteiger partial charge in [-0.05, 0) is 136 Å². The summed E-state index contributed by atoms with van der Waals surface area (Å²) in [6.45, 7) is 11.5. The lowest BCUT2D eigenvalue weighted by atomic mass is 9.87. The Kier molecular flexibility index (Phi) is 6.43. The number of anilines is 3. The summed E-state index contributed by atoms with van der Waals surface area (Å²) in [5, 5.41) is 0. The second-order valence-corrected chi connectivity index (χ2v) is 12.6. The number of benzene rings is 4. The fourth-order valence-electron chi connectivity index (χ4n) is 5.55. The fraction of sp³-hybridized carbons (Fsp3) is 0.250. The molecule has 0 amide bonds. The van der Waals surface area contributed by atoms with E-state index >= 15 is 0 Å². The lowest BCUT2D eigenvalue weighted by Gasteiger charge is -2.37. The smallest absolute Gasteiger partial charge is 0.0464 e. The van der Waals surface area contributed by atoms with Crippen LogP contribution in [0.5, 0.6) is 0 Å². The summed E-state index contributed by atoms with van der Waals surface area (Å²) in [6.07, 6.45) is 0. The maximum atomic E-state index is 3.58. The van der Waals surface area contributed by atoms with Crippen molar-refractivity contribution in [1.82, 2.24) is 4.90 Å². The van der Waals surface area contributed by atoms with E-state index in [9.17, 15) is 0 Å². The van der Waals surface area contributed by atoms with E-state index in [4.69, 9.17) is 0 Å². The summed E-state index contributed by atoms with van der Waals surface area (Å²) in [5.74, 6) is 0. The van der Waals surface area contributed by atoms with Crippen LogP contribution in [-0.4, -0.2) is 11.9 Å². The first-order valence-electron chi connectivity index (χ1n) is 12.3. The fourth-order valence-corrected chi connectivity index (χ4v) is 6.08. The van der Waals surface area contributed by atoms with Gasteiger partial charge in [-0.15, -0.1) is 0 Å². The zero-order valence-corrected chi connectivity index (χ0v) is 24.9. The van der Waals surface area contributed by atoms with Gasteiger partial charge in [-0.25, -0.2) is 0 Å². The van der Waals surface area contributed by atoms with E-state index in [-0.39, 0.29) is 11.1 Å². The van der Waals surface area contributed by atoms with E-state index < -0.39 is 0 Å². The van der Waals surface area contributed by atoms with Crippen LogP contribution in [0.15, 0.2) is 93.9 Å². The Balaban J connectivity index is 1.58. The Morgan fingerprint density at radius 1 is 0.611 bits per heavy atom. The maximum absolute atomic E-state index is 3.58. The minimum Gasteiger partial charge on any atom is -0.310 e.